The van der Waals surface area contributed by atoms with Gasteiger partial charge in [-0.05, 0) is 24.6 Å². The molecular formula is C18H22ClN3O3. The van der Waals surface area contributed by atoms with Crippen molar-refractivity contribution in [3.05, 3.63) is 64.6 Å². The van der Waals surface area contributed by atoms with E-state index in [1.165, 1.54) is 0 Å². The molecule has 0 bridgehead atoms. The van der Waals surface area contributed by atoms with Gasteiger partial charge in [0.25, 0.3) is 5.56 Å². The molecule has 0 aliphatic carbocycles. The molecule has 1 aliphatic heterocycles. The molecule has 134 valence electrons. The molecular weight excluding hydrogens is 342 g/mol. The number of aromatic nitrogens is 1. The number of morpholine rings is 1. The molecule has 1 amide bonds. The van der Waals surface area contributed by atoms with E-state index in [1.54, 1.807) is 22.9 Å². The zero-order valence-electron chi connectivity index (χ0n) is 14.0. The minimum atomic E-state index is -0.457. The third kappa shape index (κ3) is 4.69. The highest BCUT2D eigenvalue weighted by atomic mass is 35.5. The van der Waals surface area contributed by atoms with Crippen molar-refractivity contribution in [2.24, 2.45) is 0 Å². The fourth-order valence-electron chi connectivity index (χ4n) is 2.77. The van der Waals surface area contributed by atoms with Crippen LogP contribution in [0.15, 0.2) is 53.5 Å². The van der Waals surface area contributed by atoms with Gasteiger partial charge in [0.15, 0.2) is 0 Å². The molecule has 7 heteroatoms. The van der Waals surface area contributed by atoms with Crippen molar-refractivity contribution in [3.63, 3.8) is 0 Å². The standard InChI is InChI=1S/C18H21N3O3.ClH/c1-13-16(19-9-11-24-13)17(22)20-15-8-5-10-21(18(15)23)12-14-6-3-2-4-7-14;/h2-8,10,13,16,19H,9,11-12H2,1H3,(H,20,22);1H/t13-,16+;/m1./s1. The Morgan fingerprint density at radius 3 is 2.76 bits per heavy atom. The van der Waals surface area contributed by atoms with Crippen LogP contribution in [0.2, 0.25) is 0 Å². The maximum absolute atomic E-state index is 12.6. The van der Waals surface area contributed by atoms with Crippen LogP contribution < -0.4 is 16.2 Å². The number of nitrogens with zero attached hydrogens (tertiary/aromatic N) is 1. The molecule has 0 spiro atoms. The largest absolute Gasteiger partial charge is 0.375 e. The van der Waals surface area contributed by atoms with Crippen LogP contribution in [0, 0.1) is 0 Å². The van der Waals surface area contributed by atoms with Crippen molar-refractivity contribution in [3.8, 4) is 0 Å². The van der Waals surface area contributed by atoms with E-state index in [1.807, 2.05) is 37.3 Å². The van der Waals surface area contributed by atoms with Crippen LogP contribution in [0.25, 0.3) is 0 Å². The van der Waals surface area contributed by atoms with Crippen molar-refractivity contribution < 1.29 is 9.53 Å². The molecule has 0 unspecified atom stereocenters. The molecule has 0 saturated carbocycles. The fraction of sp³-hybridized carbons (Fsp3) is 0.333. The predicted molar refractivity (Wildman–Crippen MR) is 99.3 cm³/mol. The van der Waals surface area contributed by atoms with Crippen molar-refractivity contribution in [1.29, 1.82) is 0 Å². The van der Waals surface area contributed by atoms with Gasteiger partial charge in [-0.2, -0.15) is 0 Å². The van der Waals surface area contributed by atoms with Crippen LogP contribution in [0.5, 0.6) is 0 Å². The zero-order valence-corrected chi connectivity index (χ0v) is 14.8. The number of ether oxygens (including phenoxy) is 1. The Hall–Kier alpha value is -2.15. The Morgan fingerprint density at radius 2 is 2.04 bits per heavy atom. The Bertz CT molecular complexity index is 764. The number of nitrogens with one attached hydrogen (secondary N) is 2. The summed E-state index contributed by atoms with van der Waals surface area (Å²) in [6.45, 7) is 3.51. The first-order valence-electron chi connectivity index (χ1n) is 8.04. The molecule has 1 aliphatic rings. The second-order valence-electron chi connectivity index (χ2n) is 5.84. The van der Waals surface area contributed by atoms with Gasteiger partial charge in [-0.3, -0.25) is 9.59 Å². The number of amides is 1. The average Bonchev–Trinajstić information content (AvgIpc) is 2.60. The molecule has 1 aromatic carbocycles. The van der Waals surface area contributed by atoms with Crippen molar-refractivity contribution in [2.45, 2.75) is 25.6 Å². The minimum Gasteiger partial charge on any atom is -0.375 e. The van der Waals surface area contributed by atoms with Gasteiger partial charge in [-0.15, -0.1) is 12.4 Å². The second kappa shape index (κ2) is 8.80. The number of anilines is 1. The molecule has 1 saturated heterocycles. The lowest BCUT2D eigenvalue weighted by Gasteiger charge is -2.29. The molecule has 6 nitrogen and oxygen atoms in total. The summed E-state index contributed by atoms with van der Waals surface area (Å²) in [7, 11) is 0. The molecule has 2 heterocycles. The Balaban J connectivity index is 0.00000225. The summed E-state index contributed by atoms with van der Waals surface area (Å²) < 4.78 is 7.06. The number of carbonyl (C=O) groups is 1. The molecule has 2 N–H and O–H groups in total. The number of hydrogen-bond donors (Lipinski definition) is 2. The summed E-state index contributed by atoms with van der Waals surface area (Å²) in [4.78, 5) is 25.0. The number of rotatable bonds is 4. The molecule has 3 rings (SSSR count). The Labute approximate surface area is 152 Å². The topological polar surface area (TPSA) is 72.4 Å². The van der Waals surface area contributed by atoms with E-state index >= 15 is 0 Å². The number of carbonyl (C=O) groups excluding carboxylic acids is 1. The highest BCUT2D eigenvalue weighted by Crippen LogP contribution is 2.08. The van der Waals surface area contributed by atoms with Gasteiger partial charge in [0.1, 0.15) is 11.7 Å². The van der Waals surface area contributed by atoms with Crippen LogP contribution in [0.3, 0.4) is 0 Å². The molecule has 1 aromatic heterocycles. The molecule has 2 aromatic rings. The molecule has 1 fully saturated rings. The summed E-state index contributed by atoms with van der Waals surface area (Å²) in [6.07, 6.45) is 1.49. The highest BCUT2D eigenvalue weighted by Gasteiger charge is 2.28. The minimum absolute atomic E-state index is 0. The van der Waals surface area contributed by atoms with Gasteiger partial charge in [0, 0.05) is 12.7 Å². The van der Waals surface area contributed by atoms with E-state index in [9.17, 15) is 9.59 Å². The Kier molecular flexibility index (Phi) is 6.75. The zero-order chi connectivity index (χ0) is 16.9. The maximum Gasteiger partial charge on any atom is 0.274 e. The average molecular weight is 364 g/mol. The third-order valence-corrected chi connectivity index (χ3v) is 4.07. The SMILES string of the molecule is C[C@H]1OCCN[C@@H]1C(=O)Nc1cccn(Cc2ccccc2)c1=O.Cl. The van der Waals surface area contributed by atoms with E-state index in [-0.39, 0.29) is 35.7 Å². The second-order valence-corrected chi connectivity index (χ2v) is 5.84. The first-order valence-corrected chi connectivity index (χ1v) is 8.04. The van der Waals surface area contributed by atoms with Crippen LogP contribution >= 0.6 is 12.4 Å². The van der Waals surface area contributed by atoms with Gasteiger partial charge in [-0.1, -0.05) is 30.3 Å². The normalized spacial score (nSPS) is 19.7. The van der Waals surface area contributed by atoms with E-state index in [0.29, 0.717) is 19.7 Å². The summed E-state index contributed by atoms with van der Waals surface area (Å²) >= 11 is 0. The highest BCUT2D eigenvalue weighted by molar-refractivity contribution is 5.95. The van der Waals surface area contributed by atoms with Gasteiger partial charge < -0.3 is 19.9 Å². The molecule has 25 heavy (non-hydrogen) atoms. The summed E-state index contributed by atoms with van der Waals surface area (Å²) in [5.41, 5.74) is 1.08. The number of hydrogen-bond acceptors (Lipinski definition) is 4. The number of pyridine rings is 1. The third-order valence-electron chi connectivity index (χ3n) is 4.07. The van der Waals surface area contributed by atoms with Crippen LogP contribution in [-0.2, 0) is 16.1 Å². The van der Waals surface area contributed by atoms with Gasteiger partial charge in [0.2, 0.25) is 5.91 Å². The van der Waals surface area contributed by atoms with Crippen LogP contribution in [0.4, 0.5) is 5.69 Å². The van der Waals surface area contributed by atoms with E-state index in [0.717, 1.165) is 5.56 Å². The summed E-state index contributed by atoms with van der Waals surface area (Å²) in [5.74, 6) is -0.253. The first kappa shape index (κ1) is 19.2. The van der Waals surface area contributed by atoms with Gasteiger partial charge in [0.05, 0.1) is 19.3 Å². The summed E-state index contributed by atoms with van der Waals surface area (Å²) in [5, 5.41) is 5.84. The lowest BCUT2D eigenvalue weighted by atomic mass is 10.1. The van der Waals surface area contributed by atoms with Crippen molar-refractivity contribution in [1.82, 2.24) is 9.88 Å². The van der Waals surface area contributed by atoms with Gasteiger partial charge >= 0.3 is 0 Å². The Morgan fingerprint density at radius 1 is 1.28 bits per heavy atom. The van der Waals surface area contributed by atoms with Crippen LogP contribution in [-0.4, -0.2) is 35.8 Å². The monoisotopic (exact) mass is 363 g/mol. The van der Waals surface area contributed by atoms with Crippen LogP contribution in [0.1, 0.15) is 12.5 Å². The lowest BCUT2D eigenvalue weighted by Crippen LogP contribution is -2.53. The van der Waals surface area contributed by atoms with Gasteiger partial charge in [-0.25, -0.2) is 0 Å². The number of benzene rings is 1. The van der Waals surface area contributed by atoms with E-state index < -0.39 is 6.04 Å². The lowest BCUT2D eigenvalue weighted by molar-refractivity contribution is -0.123. The quantitative estimate of drug-likeness (QED) is 0.866. The fourth-order valence-corrected chi connectivity index (χ4v) is 2.77. The maximum atomic E-state index is 12.6. The van der Waals surface area contributed by atoms with Crippen molar-refractivity contribution >= 4 is 24.0 Å². The van der Waals surface area contributed by atoms with Crippen molar-refractivity contribution in [2.75, 3.05) is 18.5 Å². The number of halogens is 1. The predicted octanol–water partition coefficient (Wildman–Crippen LogP) is 1.63. The molecule has 0 radical (unpaired) electrons. The molecule has 2 atom stereocenters. The smallest absolute Gasteiger partial charge is 0.274 e. The first-order chi connectivity index (χ1) is 11.6. The summed E-state index contributed by atoms with van der Waals surface area (Å²) in [6, 6.07) is 12.6. The van der Waals surface area contributed by atoms with E-state index in [4.69, 9.17) is 4.74 Å². The van der Waals surface area contributed by atoms with E-state index in [2.05, 4.69) is 10.6 Å².